The van der Waals surface area contributed by atoms with E-state index in [4.69, 9.17) is 5.73 Å². The van der Waals surface area contributed by atoms with Crippen LogP contribution in [0.2, 0.25) is 0 Å². The fourth-order valence-corrected chi connectivity index (χ4v) is 4.88. The molecule has 3 N–H and O–H groups in total. The lowest BCUT2D eigenvalue weighted by atomic mass is 10.1. The maximum absolute atomic E-state index is 13.5. The number of nitrogens with two attached hydrogens (primary N) is 1. The van der Waals surface area contributed by atoms with E-state index in [0.29, 0.717) is 0 Å². The molecule has 2 heterocycles. The highest BCUT2D eigenvalue weighted by molar-refractivity contribution is 6.02. The highest BCUT2D eigenvalue weighted by Crippen LogP contribution is 2.30. The molecule has 11 heteroatoms. The average molecular weight is 541 g/mol. The van der Waals surface area contributed by atoms with Crippen molar-refractivity contribution in [2.75, 3.05) is 42.2 Å². The number of rotatable bonds is 9. The Hall–Kier alpha value is -3.89. The highest BCUT2D eigenvalue weighted by Gasteiger charge is 2.38. The lowest BCUT2D eigenvalue weighted by Crippen LogP contribution is -2.48. The van der Waals surface area contributed by atoms with E-state index in [1.165, 1.54) is 21.4 Å². The van der Waals surface area contributed by atoms with E-state index in [-0.39, 0.29) is 67.8 Å². The molecule has 1 aromatic heterocycles. The second-order valence-corrected chi connectivity index (χ2v) is 11.2. The molecule has 1 fully saturated rings. The number of nitrogens with one attached hydrogen (secondary N) is 1. The first-order valence-electron chi connectivity index (χ1n) is 13.3. The Morgan fingerprint density at radius 3 is 2.38 bits per heavy atom. The summed E-state index contributed by atoms with van der Waals surface area (Å²) >= 11 is 0. The van der Waals surface area contributed by atoms with Gasteiger partial charge in [-0.3, -0.25) is 28.7 Å². The summed E-state index contributed by atoms with van der Waals surface area (Å²) < 4.78 is 1.25. The fourth-order valence-electron chi connectivity index (χ4n) is 4.88. The standard InChI is InChI=1S/C28H40N6O5/c1-16(2)12-33(24-25(29)34(13-17(3)4)28(39)30-26(24)37)23(36)15-31(7)27(38)20-11-22(35)32(14-20)21-10-8-9-18(5)19(21)6/h8-10,16-17,20H,11-15,29H2,1-7H3,(H,30,37,39). The van der Waals surface area contributed by atoms with Crippen LogP contribution in [0.1, 0.15) is 45.2 Å². The molecule has 1 unspecified atom stereocenters. The number of nitrogen functional groups attached to an aromatic ring is 1. The van der Waals surface area contributed by atoms with Crippen LogP contribution in [0, 0.1) is 31.6 Å². The quantitative estimate of drug-likeness (QED) is 0.498. The van der Waals surface area contributed by atoms with Gasteiger partial charge in [-0.1, -0.05) is 39.8 Å². The molecule has 1 aromatic carbocycles. The van der Waals surface area contributed by atoms with Gasteiger partial charge in [-0.05, 0) is 42.9 Å². The molecule has 0 saturated carbocycles. The molecule has 0 radical (unpaired) electrons. The lowest BCUT2D eigenvalue weighted by molar-refractivity contribution is -0.137. The van der Waals surface area contributed by atoms with Crippen molar-refractivity contribution >= 4 is 34.9 Å². The number of aromatic amines is 1. The Kier molecular flexibility index (Phi) is 9.03. The number of nitrogens with zero attached hydrogens (tertiary/aromatic N) is 4. The van der Waals surface area contributed by atoms with Crippen molar-refractivity contribution in [2.45, 2.75) is 54.5 Å². The van der Waals surface area contributed by atoms with Crippen molar-refractivity contribution in [1.29, 1.82) is 0 Å². The molecule has 11 nitrogen and oxygen atoms in total. The van der Waals surface area contributed by atoms with Crippen LogP contribution in [0.5, 0.6) is 0 Å². The number of aryl methyl sites for hydroxylation is 1. The van der Waals surface area contributed by atoms with Gasteiger partial charge < -0.3 is 20.4 Å². The second kappa shape index (κ2) is 11.9. The van der Waals surface area contributed by atoms with Crippen molar-refractivity contribution in [3.63, 3.8) is 0 Å². The largest absolute Gasteiger partial charge is 0.383 e. The van der Waals surface area contributed by atoms with E-state index in [1.807, 2.05) is 59.7 Å². The number of benzene rings is 1. The van der Waals surface area contributed by atoms with Gasteiger partial charge in [0.2, 0.25) is 17.7 Å². The Labute approximate surface area is 228 Å². The molecule has 0 bridgehead atoms. The first-order valence-corrected chi connectivity index (χ1v) is 13.3. The minimum atomic E-state index is -0.758. The number of carbonyl (C=O) groups is 3. The molecule has 1 saturated heterocycles. The maximum atomic E-state index is 13.5. The van der Waals surface area contributed by atoms with E-state index in [1.54, 1.807) is 4.90 Å². The zero-order valence-corrected chi connectivity index (χ0v) is 23.9. The third-order valence-corrected chi connectivity index (χ3v) is 6.97. The van der Waals surface area contributed by atoms with Gasteiger partial charge in [-0.2, -0.15) is 0 Å². The van der Waals surface area contributed by atoms with E-state index in [0.717, 1.165) is 16.8 Å². The number of likely N-dealkylation sites (N-methyl/N-ethyl adjacent to an activating group) is 1. The zero-order valence-electron chi connectivity index (χ0n) is 23.9. The van der Waals surface area contributed by atoms with Gasteiger partial charge in [0, 0.05) is 38.8 Å². The third kappa shape index (κ3) is 6.40. The first kappa shape index (κ1) is 29.7. The molecule has 1 atom stereocenters. The predicted molar refractivity (Wildman–Crippen MR) is 152 cm³/mol. The SMILES string of the molecule is Cc1cccc(N2CC(C(=O)N(C)CC(=O)N(CC(C)C)c3c(N)n(CC(C)C)c(=O)[nH]c3=O)CC2=O)c1C. The minimum absolute atomic E-state index is 0.0298. The molecule has 0 spiro atoms. The molecule has 3 amide bonds. The Morgan fingerprint density at radius 1 is 1.10 bits per heavy atom. The monoisotopic (exact) mass is 540 g/mol. The highest BCUT2D eigenvalue weighted by atomic mass is 16.2. The predicted octanol–water partition coefficient (Wildman–Crippen LogP) is 1.89. The molecule has 3 rings (SSSR count). The lowest BCUT2D eigenvalue weighted by Gasteiger charge is -2.29. The molecule has 39 heavy (non-hydrogen) atoms. The Bertz CT molecular complexity index is 1380. The first-order chi connectivity index (χ1) is 18.2. The van der Waals surface area contributed by atoms with Crippen molar-refractivity contribution in [3.05, 3.63) is 50.2 Å². The van der Waals surface area contributed by atoms with Gasteiger partial charge >= 0.3 is 5.69 Å². The van der Waals surface area contributed by atoms with E-state index in [9.17, 15) is 24.0 Å². The van der Waals surface area contributed by atoms with Gasteiger partial charge in [-0.25, -0.2) is 4.79 Å². The van der Waals surface area contributed by atoms with Crippen LogP contribution in [-0.2, 0) is 20.9 Å². The molecular formula is C28H40N6O5. The number of aromatic nitrogens is 2. The van der Waals surface area contributed by atoms with Crippen LogP contribution >= 0.6 is 0 Å². The number of anilines is 3. The third-order valence-electron chi connectivity index (χ3n) is 6.97. The smallest absolute Gasteiger partial charge is 0.330 e. The van der Waals surface area contributed by atoms with E-state index in [2.05, 4.69) is 4.98 Å². The Morgan fingerprint density at radius 2 is 1.77 bits per heavy atom. The van der Waals surface area contributed by atoms with Gasteiger partial charge in [0.1, 0.15) is 5.82 Å². The fraction of sp³-hybridized carbons (Fsp3) is 0.536. The van der Waals surface area contributed by atoms with Gasteiger partial charge in [0.25, 0.3) is 5.56 Å². The van der Waals surface area contributed by atoms with Crippen LogP contribution in [0.4, 0.5) is 17.2 Å². The van der Waals surface area contributed by atoms with Gasteiger partial charge in [0.05, 0.1) is 12.5 Å². The normalized spacial score (nSPS) is 15.4. The van der Waals surface area contributed by atoms with Crippen LogP contribution < -0.4 is 26.8 Å². The number of amides is 3. The number of carbonyl (C=O) groups excluding carboxylic acids is 3. The summed E-state index contributed by atoms with van der Waals surface area (Å²) in [5.41, 5.74) is 7.58. The molecule has 1 aliphatic rings. The molecule has 212 valence electrons. The van der Waals surface area contributed by atoms with E-state index < -0.39 is 23.1 Å². The zero-order chi connectivity index (χ0) is 29.2. The van der Waals surface area contributed by atoms with Crippen LogP contribution in [0.25, 0.3) is 0 Å². The van der Waals surface area contributed by atoms with E-state index >= 15 is 0 Å². The molecule has 2 aromatic rings. The molecule has 1 aliphatic heterocycles. The summed E-state index contributed by atoms with van der Waals surface area (Å²) in [6.45, 7) is 11.8. The molecular weight excluding hydrogens is 500 g/mol. The number of hydrogen-bond acceptors (Lipinski definition) is 6. The summed E-state index contributed by atoms with van der Waals surface area (Å²) in [6, 6.07) is 5.72. The van der Waals surface area contributed by atoms with Crippen molar-refractivity contribution in [2.24, 2.45) is 17.8 Å². The van der Waals surface area contributed by atoms with Gasteiger partial charge in [0.15, 0.2) is 5.69 Å². The van der Waals surface area contributed by atoms with Crippen LogP contribution in [0.3, 0.4) is 0 Å². The van der Waals surface area contributed by atoms with Gasteiger partial charge in [-0.15, -0.1) is 0 Å². The summed E-state index contributed by atoms with van der Waals surface area (Å²) in [6.07, 6.45) is 0.0488. The van der Waals surface area contributed by atoms with Crippen molar-refractivity contribution in [1.82, 2.24) is 14.5 Å². The number of H-pyrrole nitrogens is 1. The maximum Gasteiger partial charge on any atom is 0.330 e. The Balaban J connectivity index is 1.83. The van der Waals surface area contributed by atoms with Crippen molar-refractivity contribution in [3.8, 4) is 0 Å². The summed E-state index contributed by atoms with van der Waals surface area (Å²) in [4.78, 5) is 71.4. The number of hydrogen-bond donors (Lipinski definition) is 2. The van der Waals surface area contributed by atoms with Crippen LogP contribution in [0.15, 0.2) is 27.8 Å². The summed E-state index contributed by atoms with van der Waals surface area (Å²) in [7, 11) is 1.51. The summed E-state index contributed by atoms with van der Waals surface area (Å²) in [5, 5.41) is 0. The summed E-state index contributed by atoms with van der Waals surface area (Å²) in [5.74, 6) is -1.64. The minimum Gasteiger partial charge on any atom is -0.383 e. The second-order valence-electron chi connectivity index (χ2n) is 11.2. The topological polar surface area (TPSA) is 142 Å². The average Bonchev–Trinajstić information content (AvgIpc) is 3.22. The van der Waals surface area contributed by atoms with Crippen molar-refractivity contribution < 1.29 is 14.4 Å². The van der Waals surface area contributed by atoms with Crippen LogP contribution in [-0.4, -0.2) is 58.9 Å². The molecule has 0 aliphatic carbocycles.